The van der Waals surface area contributed by atoms with Crippen molar-refractivity contribution in [3.63, 3.8) is 0 Å². The summed E-state index contributed by atoms with van der Waals surface area (Å²) in [7, 11) is 0. The summed E-state index contributed by atoms with van der Waals surface area (Å²) < 4.78 is 5.53. The first-order valence-electron chi connectivity index (χ1n) is 7.71. The number of anilines is 1. The quantitative estimate of drug-likeness (QED) is 0.862. The van der Waals surface area contributed by atoms with Gasteiger partial charge in [-0.1, -0.05) is 12.1 Å². The standard InChI is InChI=1S/C17H24N2O2/c1-16(2,3)21-15(20)19-10-4-5-12-6-7-13(11-14(12)19)17(18)8-9-17/h6-7,11H,4-5,8-10,18H2,1-3H3. The van der Waals surface area contributed by atoms with E-state index in [2.05, 4.69) is 18.2 Å². The van der Waals surface area contributed by atoms with Gasteiger partial charge < -0.3 is 10.5 Å². The number of amides is 1. The molecule has 0 atom stereocenters. The van der Waals surface area contributed by atoms with Gasteiger partial charge in [0.25, 0.3) is 0 Å². The van der Waals surface area contributed by atoms with E-state index in [4.69, 9.17) is 10.5 Å². The Kier molecular flexibility index (Phi) is 3.24. The van der Waals surface area contributed by atoms with Crippen molar-refractivity contribution >= 4 is 11.8 Å². The Bertz CT molecular complexity index is 571. The van der Waals surface area contributed by atoms with Crippen molar-refractivity contribution in [2.45, 2.75) is 57.6 Å². The molecular weight excluding hydrogens is 264 g/mol. The molecule has 0 aromatic heterocycles. The lowest BCUT2D eigenvalue weighted by atomic mass is 9.96. The third-order valence-corrected chi connectivity index (χ3v) is 4.18. The summed E-state index contributed by atoms with van der Waals surface area (Å²) in [5, 5.41) is 0. The van der Waals surface area contributed by atoms with Crippen LogP contribution >= 0.6 is 0 Å². The Morgan fingerprint density at radius 1 is 1.33 bits per heavy atom. The number of fused-ring (bicyclic) bond motifs is 1. The molecule has 2 aliphatic rings. The van der Waals surface area contributed by atoms with E-state index in [1.54, 1.807) is 4.90 Å². The van der Waals surface area contributed by atoms with Gasteiger partial charge in [-0.25, -0.2) is 4.79 Å². The lowest BCUT2D eigenvalue weighted by molar-refractivity contribution is 0.0578. The van der Waals surface area contributed by atoms with Crippen LogP contribution in [0.4, 0.5) is 10.5 Å². The van der Waals surface area contributed by atoms with Crippen LogP contribution in [0.1, 0.15) is 51.2 Å². The Balaban J connectivity index is 1.91. The highest BCUT2D eigenvalue weighted by Gasteiger charge is 2.41. The summed E-state index contributed by atoms with van der Waals surface area (Å²) in [6.45, 7) is 6.39. The molecule has 1 saturated carbocycles. The maximum Gasteiger partial charge on any atom is 0.414 e. The molecule has 1 aliphatic carbocycles. The molecule has 1 fully saturated rings. The zero-order chi connectivity index (χ0) is 15.3. The van der Waals surface area contributed by atoms with E-state index in [1.165, 1.54) is 5.56 Å². The summed E-state index contributed by atoms with van der Waals surface area (Å²) in [6.07, 6.45) is 3.77. The highest BCUT2D eigenvalue weighted by Crippen LogP contribution is 2.44. The van der Waals surface area contributed by atoms with Crippen LogP contribution in [0.2, 0.25) is 0 Å². The van der Waals surface area contributed by atoms with Gasteiger partial charge in [-0.3, -0.25) is 4.90 Å². The smallest absolute Gasteiger partial charge is 0.414 e. The number of nitrogens with two attached hydrogens (primary N) is 1. The van der Waals surface area contributed by atoms with Crippen LogP contribution in [-0.4, -0.2) is 18.2 Å². The van der Waals surface area contributed by atoms with Gasteiger partial charge in [-0.2, -0.15) is 0 Å². The van der Waals surface area contributed by atoms with Gasteiger partial charge >= 0.3 is 6.09 Å². The maximum atomic E-state index is 12.4. The van der Waals surface area contributed by atoms with E-state index in [1.807, 2.05) is 20.8 Å². The number of ether oxygens (including phenoxy) is 1. The molecule has 1 amide bonds. The van der Waals surface area contributed by atoms with Crippen LogP contribution < -0.4 is 10.6 Å². The lowest BCUT2D eigenvalue weighted by Gasteiger charge is -2.32. The number of nitrogens with zero attached hydrogens (tertiary/aromatic N) is 1. The average molecular weight is 288 g/mol. The zero-order valence-corrected chi connectivity index (χ0v) is 13.1. The molecule has 0 saturated heterocycles. The molecule has 1 aromatic carbocycles. The highest BCUT2D eigenvalue weighted by molar-refractivity contribution is 5.89. The van der Waals surface area contributed by atoms with Crippen LogP contribution in [0, 0.1) is 0 Å². The fourth-order valence-electron chi connectivity index (χ4n) is 2.81. The van der Waals surface area contributed by atoms with Crippen LogP contribution in [-0.2, 0) is 16.7 Å². The average Bonchev–Trinajstić information content (AvgIpc) is 3.15. The van der Waals surface area contributed by atoms with Crippen molar-refractivity contribution in [1.82, 2.24) is 0 Å². The summed E-state index contributed by atoms with van der Waals surface area (Å²) >= 11 is 0. The van der Waals surface area contributed by atoms with Crippen LogP contribution in [0.5, 0.6) is 0 Å². The molecule has 0 radical (unpaired) electrons. The second kappa shape index (κ2) is 4.73. The maximum absolute atomic E-state index is 12.4. The first kappa shape index (κ1) is 14.4. The van der Waals surface area contributed by atoms with Gasteiger partial charge in [0.1, 0.15) is 5.60 Å². The van der Waals surface area contributed by atoms with Crippen LogP contribution in [0.25, 0.3) is 0 Å². The fourth-order valence-corrected chi connectivity index (χ4v) is 2.81. The SMILES string of the molecule is CC(C)(C)OC(=O)N1CCCc2ccc(C3(N)CC3)cc21. The van der Waals surface area contributed by atoms with Crippen molar-refractivity contribution in [2.75, 3.05) is 11.4 Å². The van der Waals surface area contributed by atoms with E-state index >= 15 is 0 Å². The van der Waals surface area contributed by atoms with Crippen molar-refractivity contribution in [1.29, 1.82) is 0 Å². The Labute approximate surface area is 126 Å². The normalized spacial score (nSPS) is 19.9. The molecule has 0 unspecified atom stereocenters. The van der Waals surface area contributed by atoms with Crippen molar-refractivity contribution < 1.29 is 9.53 Å². The molecule has 0 spiro atoms. The highest BCUT2D eigenvalue weighted by atomic mass is 16.6. The molecule has 4 heteroatoms. The molecule has 3 rings (SSSR count). The minimum absolute atomic E-state index is 0.175. The molecule has 21 heavy (non-hydrogen) atoms. The van der Waals surface area contributed by atoms with Gasteiger partial charge in [0.05, 0.1) is 5.69 Å². The zero-order valence-electron chi connectivity index (χ0n) is 13.1. The number of hydrogen-bond acceptors (Lipinski definition) is 3. The summed E-state index contributed by atoms with van der Waals surface area (Å²) in [6, 6.07) is 6.32. The Morgan fingerprint density at radius 2 is 2.05 bits per heavy atom. The number of aryl methyl sites for hydroxylation is 1. The van der Waals surface area contributed by atoms with Gasteiger partial charge in [0, 0.05) is 12.1 Å². The summed E-state index contributed by atoms with van der Waals surface area (Å²) in [4.78, 5) is 14.2. The van der Waals surface area contributed by atoms with E-state index in [0.717, 1.165) is 36.9 Å². The van der Waals surface area contributed by atoms with E-state index in [9.17, 15) is 4.79 Å². The molecule has 1 heterocycles. The molecule has 1 aliphatic heterocycles. The van der Waals surface area contributed by atoms with Gasteiger partial charge in [0.2, 0.25) is 0 Å². The number of carbonyl (C=O) groups is 1. The topological polar surface area (TPSA) is 55.6 Å². The first-order valence-corrected chi connectivity index (χ1v) is 7.71. The number of benzene rings is 1. The number of carbonyl (C=O) groups excluding carboxylic acids is 1. The molecule has 114 valence electrons. The monoisotopic (exact) mass is 288 g/mol. The largest absolute Gasteiger partial charge is 0.443 e. The van der Waals surface area contributed by atoms with E-state index in [-0.39, 0.29) is 11.6 Å². The van der Waals surface area contributed by atoms with Crippen molar-refractivity contribution in [2.24, 2.45) is 5.73 Å². The van der Waals surface area contributed by atoms with Crippen LogP contribution in [0.3, 0.4) is 0 Å². The fraction of sp³-hybridized carbons (Fsp3) is 0.588. The van der Waals surface area contributed by atoms with Gasteiger partial charge in [-0.15, -0.1) is 0 Å². The minimum atomic E-state index is -0.474. The lowest BCUT2D eigenvalue weighted by Crippen LogP contribution is -2.40. The van der Waals surface area contributed by atoms with Crippen molar-refractivity contribution in [3.8, 4) is 0 Å². The second-order valence-electron chi connectivity index (χ2n) is 7.24. The number of hydrogen-bond donors (Lipinski definition) is 1. The van der Waals surface area contributed by atoms with Crippen LogP contribution in [0.15, 0.2) is 18.2 Å². The van der Waals surface area contributed by atoms with E-state index < -0.39 is 5.60 Å². The van der Waals surface area contributed by atoms with Gasteiger partial charge in [0.15, 0.2) is 0 Å². The number of rotatable bonds is 1. The molecule has 1 aromatic rings. The molecule has 0 bridgehead atoms. The first-order chi connectivity index (χ1) is 9.78. The summed E-state index contributed by atoms with van der Waals surface area (Å²) in [5.41, 5.74) is 8.96. The molecule has 4 nitrogen and oxygen atoms in total. The predicted molar refractivity (Wildman–Crippen MR) is 83.4 cm³/mol. The molecule has 2 N–H and O–H groups in total. The summed E-state index contributed by atoms with van der Waals surface area (Å²) in [5.74, 6) is 0. The predicted octanol–water partition coefficient (Wildman–Crippen LogP) is 3.32. The van der Waals surface area contributed by atoms with E-state index in [0.29, 0.717) is 6.54 Å². The third-order valence-electron chi connectivity index (χ3n) is 4.18. The third kappa shape index (κ3) is 2.91. The molecular formula is C17H24N2O2. The Hall–Kier alpha value is -1.55. The minimum Gasteiger partial charge on any atom is -0.443 e. The van der Waals surface area contributed by atoms with Crippen molar-refractivity contribution in [3.05, 3.63) is 29.3 Å². The second-order valence-corrected chi connectivity index (χ2v) is 7.24. The van der Waals surface area contributed by atoms with Gasteiger partial charge in [-0.05, 0) is 63.6 Å². The Morgan fingerprint density at radius 3 is 2.67 bits per heavy atom.